The average molecular weight is 240 g/mol. The van der Waals surface area contributed by atoms with Gasteiger partial charge in [-0.3, -0.25) is 4.79 Å². The van der Waals surface area contributed by atoms with E-state index in [2.05, 4.69) is 22.7 Å². The van der Waals surface area contributed by atoms with Crippen molar-refractivity contribution in [2.75, 3.05) is 0 Å². The Kier molecular flexibility index (Phi) is 3.33. The monoisotopic (exact) mass is 240 g/mol. The maximum atomic E-state index is 11.7. The molecule has 0 atom stereocenters. The summed E-state index contributed by atoms with van der Waals surface area (Å²) >= 11 is 0. The van der Waals surface area contributed by atoms with Crippen LogP contribution >= 0.6 is 0 Å². The molecule has 0 amide bonds. The molecule has 0 fully saturated rings. The van der Waals surface area contributed by atoms with Gasteiger partial charge < -0.3 is 9.55 Å². The van der Waals surface area contributed by atoms with Crippen molar-refractivity contribution in [1.82, 2.24) is 9.55 Å². The Bertz CT molecular complexity index is 686. The van der Waals surface area contributed by atoms with Gasteiger partial charge in [0.2, 0.25) is 0 Å². The maximum absolute atomic E-state index is 11.7. The summed E-state index contributed by atoms with van der Waals surface area (Å²) in [7, 11) is 0. The van der Waals surface area contributed by atoms with Gasteiger partial charge in [0.15, 0.2) is 0 Å². The lowest BCUT2D eigenvalue weighted by molar-refractivity contribution is 0.806. The lowest BCUT2D eigenvalue weighted by atomic mass is 10.2. The Hall–Kier alpha value is -2.29. The molecule has 0 bridgehead atoms. The van der Waals surface area contributed by atoms with Crippen LogP contribution in [0.4, 0.5) is 0 Å². The second-order valence-corrected chi connectivity index (χ2v) is 4.23. The van der Waals surface area contributed by atoms with E-state index in [-0.39, 0.29) is 5.56 Å². The normalized spacial score (nSPS) is 11.2. The number of pyridine rings is 1. The second kappa shape index (κ2) is 4.92. The van der Waals surface area contributed by atoms with Crippen molar-refractivity contribution >= 4 is 10.9 Å². The van der Waals surface area contributed by atoms with Gasteiger partial charge >= 0.3 is 0 Å². The number of H-pyrrole nitrogens is 1. The fourth-order valence-electron chi connectivity index (χ4n) is 2.00. The van der Waals surface area contributed by atoms with Crippen LogP contribution in [0.2, 0.25) is 0 Å². The lowest BCUT2D eigenvalue weighted by Gasteiger charge is -2.07. The van der Waals surface area contributed by atoms with Gasteiger partial charge in [-0.1, -0.05) is 31.4 Å². The molecule has 1 N–H and O–H groups in total. The van der Waals surface area contributed by atoms with Crippen molar-refractivity contribution in [1.29, 1.82) is 0 Å². The predicted octanol–water partition coefficient (Wildman–Crippen LogP) is 2.94. The lowest BCUT2D eigenvalue weighted by Crippen LogP contribution is -2.05. The largest absolute Gasteiger partial charge is 0.340 e. The summed E-state index contributed by atoms with van der Waals surface area (Å²) in [6, 6.07) is 3.81. The van der Waals surface area contributed by atoms with E-state index in [4.69, 9.17) is 0 Å². The zero-order valence-corrected chi connectivity index (χ0v) is 10.4. The number of fused-ring (bicyclic) bond motifs is 1. The maximum Gasteiger partial charge on any atom is 0.257 e. The third-order valence-corrected chi connectivity index (χ3v) is 2.88. The highest BCUT2D eigenvalue weighted by Gasteiger charge is 2.07. The van der Waals surface area contributed by atoms with Crippen LogP contribution in [0, 0.1) is 6.92 Å². The summed E-state index contributed by atoms with van der Waals surface area (Å²) in [6.07, 6.45) is 7.17. The number of hydrogen-bond donors (Lipinski definition) is 1. The molecule has 0 saturated heterocycles. The van der Waals surface area contributed by atoms with E-state index in [0.717, 1.165) is 22.2 Å². The van der Waals surface area contributed by atoms with E-state index >= 15 is 0 Å². The zero-order valence-electron chi connectivity index (χ0n) is 10.4. The number of aryl methyl sites for hydroxylation is 1. The highest BCUT2D eigenvalue weighted by molar-refractivity contribution is 5.80. The number of allylic oxidation sites excluding steroid dienone is 4. The molecule has 0 spiro atoms. The first-order chi connectivity index (χ1) is 8.63. The summed E-state index contributed by atoms with van der Waals surface area (Å²) in [4.78, 5) is 14.4. The molecule has 0 aliphatic carbocycles. The van der Waals surface area contributed by atoms with E-state index in [1.165, 1.54) is 0 Å². The molecule has 0 saturated carbocycles. The van der Waals surface area contributed by atoms with Crippen LogP contribution in [0.5, 0.6) is 0 Å². The van der Waals surface area contributed by atoms with Gasteiger partial charge in [-0.05, 0) is 24.6 Å². The molecule has 0 aromatic carbocycles. The molecule has 2 aromatic heterocycles. The van der Waals surface area contributed by atoms with Crippen molar-refractivity contribution in [3.05, 3.63) is 71.3 Å². The van der Waals surface area contributed by atoms with Gasteiger partial charge in [0.25, 0.3) is 5.56 Å². The molecule has 0 unspecified atom stereocenters. The Morgan fingerprint density at radius 1 is 1.56 bits per heavy atom. The number of nitrogens with zero attached hydrogens (tertiary/aromatic N) is 1. The molecule has 2 aromatic rings. The first kappa shape index (κ1) is 12.2. The minimum absolute atomic E-state index is 0.0541. The summed E-state index contributed by atoms with van der Waals surface area (Å²) < 4.78 is 2.08. The fraction of sp³-hybridized carbons (Fsp3) is 0.133. The van der Waals surface area contributed by atoms with Crippen molar-refractivity contribution < 1.29 is 0 Å². The second-order valence-electron chi connectivity index (χ2n) is 4.23. The molecule has 0 aliphatic rings. The van der Waals surface area contributed by atoms with Crippen LogP contribution in [0.25, 0.3) is 10.9 Å². The first-order valence-corrected chi connectivity index (χ1v) is 5.78. The van der Waals surface area contributed by atoms with Crippen LogP contribution in [-0.2, 0) is 6.54 Å². The minimum atomic E-state index is -0.0541. The van der Waals surface area contributed by atoms with E-state index in [9.17, 15) is 4.79 Å². The van der Waals surface area contributed by atoms with Gasteiger partial charge in [0.1, 0.15) is 0 Å². The first-order valence-electron chi connectivity index (χ1n) is 5.78. The summed E-state index contributed by atoms with van der Waals surface area (Å²) in [5.41, 5.74) is 2.90. The molecule has 18 heavy (non-hydrogen) atoms. The highest BCUT2D eigenvalue weighted by atomic mass is 16.1. The molecule has 2 rings (SSSR count). The van der Waals surface area contributed by atoms with E-state index in [1.807, 2.05) is 31.2 Å². The SMILES string of the molecule is C=C/C=C\C(=C)Cn1c(C)cc2c(=O)[nH]ccc21. The van der Waals surface area contributed by atoms with Crippen LogP contribution < -0.4 is 5.56 Å². The van der Waals surface area contributed by atoms with Gasteiger partial charge in [0.05, 0.1) is 10.9 Å². The number of rotatable bonds is 4. The summed E-state index contributed by atoms with van der Waals surface area (Å²) in [5, 5.41) is 0.718. The Morgan fingerprint density at radius 3 is 3.06 bits per heavy atom. The van der Waals surface area contributed by atoms with E-state index in [0.29, 0.717) is 6.54 Å². The molecule has 0 radical (unpaired) electrons. The third kappa shape index (κ3) is 2.20. The van der Waals surface area contributed by atoms with Crippen molar-refractivity contribution in [2.45, 2.75) is 13.5 Å². The average Bonchev–Trinajstić information content (AvgIpc) is 2.66. The van der Waals surface area contributed by atoms with Crippen molar-refractivity contribution in [2.24, 2.45) is 0 Å². The van der Waals surface area contributed by atoms with Gasteiger partial charge in [-0.2, -0.15) is 0 Å². The van der Waals surface area contributed by atoms with Crippen molar-refractivity contribution in [3.63, 3.8) is 0 Å². The van der Waals surface area contributed by atoms with E-state index in [1.54, 1.807) is 12.3 Å². The van der Waals surface area contributed by atoms with E-state index < -0.39 is 0 Å². The highest BCUT2D eigenvalue weighted by Crippen LogP contribution is 2.17. The number of hydrogen-bond acceptors (Lipinski definition) is 1. The Balaban J connectivity index is 2.45. The molecular weight excluding hydrogens is 224 g/mol. The standard InChI is InChI=1S/C15H16N2O/c1-4-5-6-11(2)10-17-12(3)9-13-14(17)7-8-16-15(13)18/h4-9H,1-2,10H2,3H3,(H,16,18)/b6-5-. The smallest absolute Gasteiger partial charge is 0.257 e. The molecule has 3 heteroatoms. The number of nitrogens with one attached hydrogen (secondary N) is 1. The van der Waals surface area contributed by atoms with Crippen molar-refractivity contribution in [3.8, 4) is 0 Å². The molecule has 3 nitrogen and oxygen atoms in total. The Morgan fingerprint density at radius 2 is 2.33 bits per heavy atom. The summed E-state index contributed by atoms with van der Waals surface area (Å²) in [5.74, 6) is 0. The minimum Gasteiger partial charge on any atom is -0.340 e. The van der Waals surface area contributed by atoms with Gasteiger partial charge in [-0.25, -0.2) is 0 Å². The van der Waals surface area contributed by atoms with Gasteiger partial charge in [0, 0.05) is 18.4 Å². The quantitative estimate of drug-likeness (QED) is 0.820. The van der Waals surface area contributed by atoms with Crippen LogP contribution in [0.15, 0.2) is 60.1 Å². The van der Waals surface area contributed by atoms with Crippen LogP contribution in [-0.4, -0.2) is 9.55 Å². The van der Waals surface area contributed by atoms with Crippen LogP contribution in [0.3, 0.4) is 0 Å². The molecular formula is C15H16N2O. The zero-order chi connectivity index (χ0) is 13.1. The number of aromatic amines is 1. The number of aromatic nitrogens is 2. The summed E-state index contributed by atoms with van der Waals surface area (Å²) in [6.45, 7) is 10.3. The molecule has 0 aliphatic heterocycles. The topological polar surface area (TPSA) is 37.8 Å². The predicted molar refractivity (Wildman–Crippen MR) is 75.8 cm³/mol. The van der Waals surface area contributed by atoms with Gasteiger partial charge in [-0.15, -0.1) is 0 Å². The van der Waals surface area contributed by atoms with Crippen LogP contribution in [0.1, 0.15) is 5.69 Å². The molecule has 92 valence electrons. The Labute approximate surface area is 106 Å². The fourth-order valence-corrected chi connectivity index (χ4v) is 2.00. The molecule has 2 heterocycles. The third-order valence-electron chi connectivity index (χ3n) is 2.88.